The minimum Gasteiger partial charge on any atom is -0.370 e. The molecule has 4 heteroatoms. The predicted molar refractivity (Wildman–Crippen MR) is 87.3 cm³/mol. The first-order valence-electron chi connectivity index (χ1n) is 7.34. The lowest BCUT2D eigenvalue weighted by molar-refractivity contribution is 0.655. The molecule has 108 valence electrons. The third-order valence-electron chi connectivity index (χ3n) is 3.41. The van der Waals surface area contributed by atoms with Crippen molar-refractivity contribution in [2.75, 3.05) is 18.4 Å². The Morgan fingerprint density at radius 1 is 0.952 bits per heavy atom. The number of para-hydroxylation sites is 1. The van der Waals surface area contributed by atoms with Crippen molar-refractivity contribution in [3.05, 3.63) is 60.4 Å². The number of rotatable bonds is 7. The van der Waals surface area contributed by atoms with E-state index in [1.54, 1.807) is 0 Å². The lowest BCUT2D eigenvalue weighted by atomic mass is 10.2. The van der Waals surface area contributed by atoms with Gasteiger partial charge in [-0.15, -0.1) is 0 Å². The Labute approximate surface area is 124 Å². The smallest absolute Gasteiger partial charge is 0.126 e. The topological polar surface area (TPSA) is 52.7 Å². The predicted octanol–water partition coefficient (Wildman–Crippen LogP) is 3.15. The second-order valence-corrected chi connectivity index (χ2v) is 5.04. The average Bonchev–Trinajstić information content (AvgIpc) is 3.04. The van der Waals surface area contributed by atoms with Gasteiger partial charge in [-0.05, 0) is 43.3 Å². The van der Waals surface area contributed by atoms with Gasteiger partial charge in [-0.2, -0.15) is 0 Å². The second-order valence-electron chi connectivity index (χ2n) is 5.04. The van der Waals surface area contributed by atoms with Crippen LogP contribution < -0.4 is 10.6 Å². The summed E-state index contributed by atoms with van der Waals surface area (Å²) in [6.45, 7) is 2.80. The Kier molecular flexibility index (Phi) is 4.49. The van der Waals surface area contributed by atoms with Gasteiger partial charge in [0, 0.05) is 30.4 Å². The Bertz CT molecular complexity index is 676. The zero-order valence-corrected chi connectivity index (χ0v) is 12.0. The largest absolute Gasteiger partial charge is 0.370 e. The molecule has 0 aliphatic heterocycles. The summed E-state index contributed by atoms with van der Waals surface area (Å²) in [5.74, 6) is 0.943. The standard InChI is InChI=1S/C17H20N4/c1-2-7-16-14(5-1)8-9-17(21-16)20-12-4-10-18-13-15-6-3-11-19-15/h1-3,5-9,11,18-19H,4,10,12-13H2,(H,20,21). The Morgan fingerprint density at radius 3 is 2.81 bits per heavy atom. The number of H-pyrrole nitrogens is 1. The fraction of sp³-hybridized carbons (Fsp3) is 0.235. The zero-order chi connectivity index (χ0) is 14.3. The third kappa shape index (κ3) is 3.83. The van der Waals surface area contributed by atoms with Crippen LogP contribution in [0.3, 0.4) is 0 Å². The summed E-state index contributed by atoms with van der Waals surface area (Å²) in [5.41, 5.74) is 2.26. The van der Waals surface area contributed by atoms with Gasteiger partial charge < -0.3 is 15.6 Å². The lowest BCUT2D eigenvalue weighted by Crippen LogP contribution is -2.18. The molecule has 21 heavy (non-hydrogen) atoms. The summed E-state index contributed by atoms with van der Waals surface area (Å²) < 4.78 is 0. The Balaban J connectivity index is 1.40. The maximum Gasteiger partial charge on any atom is 0.126 e. The van der Waals surface area contributed by atoms with Crippen LogP contribution in [0.2, 0.25) is 0 Å². The number of hydrogen-bond acceptors (Lipinski definition) is 3. The molecule has 0 aliphatic rings. The van der Waals surface area contributed by atoms with Crippen molar-refractivity contribution >= 4 is 16.7 Å². The van der Waals surface area contributed by atoms with Gasteiger partial charge in [0.05, 0.1) is 5.52 Å². The molecule has 4 nitrogen and oxygen atoms in total. The van der Waals surface area contributed by atoms with Crippen molar-refractivity contribution in [1.82, 2.24) is 15.3 Å². The number of hydrogen-bond donors (Lipinski definition) is 3. The van der Waals surface area contributed by atoms with Crippen molar-refractivity contribution in [2.45, 2.75) is 13.0 Å². The van der Waals surface area contributed by atoms with E-state index in [1.807, 2.05) is 36.5 Å². The first kappa shape index (κ1) is 13.6. The lowest BCUT2D eigenvalue weighted by Gasteiger charge is -2.07. The fourth-order valence-corrected chi connectivity index (χ4v) is 2.29. The van der Waals surface area contributed by atoms with Crippen molar-refractivity contribution in [3.63, 3.8) is 0 Å². The van der Waals surface area contributed by atoms with E-state index in [4.69, 9.17) is 0 Å². The van der Waals surface area contributed by atoms with E-state index in [0.29, 0.717) is 0 Å². The van der Waals surface area contributed by atoms with Crippen molar-refractivity contribution in [1.29, 1.82) is 0 Å². The molecule has 0 saturated carbocycles. The molecule has 0 spiro atoms. The van der Waals surface area contributed by atoms with E-state index >= 15 is 0 Å². The molecule has 3 aromatic rings. The molecule has 0 radical (unpaired) electrons. The maximum atomic E-state index is 4.60. The molecule has 0 unspecified atom stereocenters. The van der Waals surface area contributed by atoms with Gasteiger partial charge in [0.2, 0.25) is 0 Å². The minimum atomic E-state index is 0.890. The van der Waals surface area contributed by atoms with E-state index in [1.165, 1.54) is 11.1 Å². The number of nitrogens with zero attached hydrogens (tertiary/aromatic N) is 1. The quantitative estimate of drug-likeness (QED) is 0.583. The van der Waals surface area contributed by atoms with Crippen LogP contribution in [0.15, 0.2) is 54.7 Å². The van der Waals surface area contributed by atoms with Gasteiger partial charge in [0.1, 0.15) is 5.82 Å². The normalized spacial score (nSPS) is 10.9. The minimum absolute atomic E-state index is 0.890. The van der Waals surface area contributed by atoms with Crippen LogP contribution >= 0.6 is 0 Å². The summed E-state index contributed by atoms with van der Waals surface area (Å²) in [7, 11) is 0. The van der Waals surface area contributed by atoms with E-state index in [-0.39, 0.29) is 0 Å². The highest BCUT2D eigenvalue weighted by atomic mass is 15.0. The molecule has 0 fully saturated rings. The number of aromatic nitrogens is 2. The number of benzene rings is 1. The van der Waals surface area contributed by atoms with Crippen LogP contribution in [-0.4, -0.2) is 23.1 Å². The zero-order valence-electron chi connectivity index (χ0n) is 12.0. The molecule has 1 aromatic carbocycles. The summed E-state index contributed by atoms with van der Waals surface area (Å²) in [6, 6.07) is 16.4. The van der Waals surface area contributed by atoms with E-state index in [2.05, 4.69) is 38.8 Å². The maximum absolute atomic E-state index is 4.60. The molecule has 0 saturated heterocycles. The first-order chi connectivity index (χ1) is 10.4. The van der Waals surface area contributed by atoms with Crippen LogP contribution in [0, 0.1) is 0 Å². The van der Waals surface area contributed by atoms with Gasteiger partial charge >= 0.3 is 0 Å². The summed E-state index contributed by atoms with van der Waals surface area (Å²) in [6.07, 6.45) is 3.01. The van der Waals surface area contributed by atoms with Gasteiger partial charge in [-0.25, -0.2) is 4.98 Å². The van der Waals surface area contributed by atoms with E-state index in [9.17, 15) is 0 Å². The molecule has 0 atom stereocenters. The van der Waals surface area contributed by atoms with Crippen molar-refractivity contribution in [2.24, 2.45) is 0 Å². The van der Waals surface area contributed by atoms with Crippen LogP contribution in [0.4, 0.5) is 5.82 Å². The molecular formula is C17H20N4. The molecule has 2 aromatic heterocycles. The van der Waals surface area contributed by atoms with Gasteiger partial charge in [0.25, 0.3) is 0 Å². The molecule has 0 bridgehead atoms. The summed E-state index contributed by atoms with van der Waals surface area (Å²) >= 11 is 0. The molecule has 0 amide bonds. The number of pyridine rings is 1. The van der Waals surface area contributed by atoms with Gasteiger partial charge in [-0.3, -0.25) is 0 Å². The van der Waals surface area contributed by atoms with Crippen LogP contribution in [0.25, 0.3) is 10.9 Å². The summed E-state index contributed by atoms with van der Waals surface area (Å²) in [4.78, 5) is 7.78. The van der Waals surface area contributed by atoms with Crippen LogP contribution in [-0.2, 0) is 6.54 Å². The summed E-state index contributed by atoms with van der Waals surface area (Å²) in [5, 5.41) is 7.96. The number of anilines is 1. The first-order valence-corrected chi connectivity index (χ1v) is 7.34. The molecule has 3 N–H and O–H groups in total. The molecule has 2 heterocycles. The van der Waals surface area contributed by atoms with Gasteiger partial charge in [-0.1, -0.05) is 18.2 Å². The van der Waals surface area contributed by atoms with Crippen LogP contribution in [0.5, 0.6) is 0 Å². The third-order valence-corrected chi connectivity index (χ3v) is 3.41. The molecular weight excluding hydrogens is 260 g/mol. The van der Waals surface area contributed by atoms with Crippen molar-refractivity contribution < 1.29 is 0 Å². The highest BCUT2D eigenvalue weighted by Gasteiger charge is 1.97. The number of nitrogens with one attached hydrogen (secondary N) is 3. The average molecular weight is 280 g/mol. The second kappa shape index (κ2) is 6.90. The van der Waals surface area contributed by atoms with Crippen LogP contribution in [0.1, 0.15) is 12.1 Å². The van der Waals surface area contributed by atoms with Crippen molar-refractivity contribution in [3.8, 4) is 0 Å². The highest BCUT2D eigenvalue weighted by Crippen LogP contribution is 2.14. The molecule has 0 aliphatic carbocycles. The highest BCUT2D eigenvalue weighted by molar-refractivity contribution is 5.79. The van der Waals surface area contributed by atoms with E-state index in [0.717, 1.165) is 37.4 Å². The SMILES string of the molecule is c1c[nH]c(CNCCCNc2ccc3ccccc3n2)c1. The monoisotopic (exact) mass is 280 g/mol. The number of aromatic amines is 1. The Morgan fingerprint density at radius 2 is 1.90 bits per heavy atom. The number of fused-ring (bicyclic) bond motifs is 1. The fourth-order valence-electron chi connectivity index (χ4n) is 2.29. The van der Waals surface area contributed by atoms with Gasteiger partial charge in [0.15, 0.2) is 0 Å². The van der Waals surface area contributed by atoms with E-state index < -0.39 is 0 Å². The Hall–Kier alpha value is -2.33. The molecule has 3 rings (SSSR count).